The molecule has 4 nitrogen and oxygen atoms in total. The van der Waals surface area contributed by atoms with Crippen LogP contribution in [0.2, 0.25) is 10.0 Å². The van der Waals surface area contributed by atoms with Crippen LogP contribution in [0.3, 0.4) is 0 Å². The Morgan fingerprint density at radius 3 is 1.31 bits per heavy atom. The van der Waals surface area contributed by atoms with Gasteiger partial charge >= 0.3 is 0 Å². The van der Waals surface area contributed by atoms with Crippen molar-refractivity contribution in [2.75, 3.05) is 13.1 Å². The summed E-state index contributed by atoms with van der Waals surface area (Å²) in [7, 11) is 0. The molecule has 0 spiro atoms. The number of carbonyl (C=O) groups is 2. The van der Waals surface area contributed by atoms with Crippen molar-refractivity contribution in [1.29, 1.82) is 0 Å². The lowest BCUT2D eigenvalue weighted by atomic mass is 9.70. The van der Waals surface area contributed by atoms with Crippen LogP contribution in [-0.4, -0.2) is 36.7 Å². The molecule has 2 unspecified atom stereocenters. The quantitative estimate of drug-likeness (QED) is 0.147. The van der Waals surface area contributed by atoms with Gasteiger partial charge in [-0.15, -0.1) is 0 Å². The molecule has 2 aliphatic carbocycles. The van der Waals surface area contributed by atoms with Crippen molar-refractivity contribution in [2.45, 2.75) is 107 Å². The number of ketones is 2. The molecule has 2 aromatic carbocycles. The van der Waals surface area contributed by atoms with Crippen LogP contribution in [0, 0.1) is 10.8 Å². The summed E-state index contributed by atoms with van der Waals surface area (Å²) in [6, 6.07) is 15.4. The van der Waals surface area contributed by atoms with Crippen LogP contribution in [0.15, 0.2) is 178 Å². The molecule has 0 amide bonds. The summed E-state index contributed by atoms with van der Waals surface area (Å²) < 4.78 is 0. The van der Waals surface area contributed by atoms with Crippen LogP contribution in [0.1, 0.15) is 93.2 Å². The standard InChI is InChI=1S/C56H68Cl2N2O2/c1-39(19-13-21-41(3)27-29-49-43(5)53(61)51(37-55(49,7)8)59-33-31-45-23-15-25-47(57)35-45)17-11-12-18-40(2)20-14-22-42(4)28-30-50-44(6)54(62)52(38-56(50,9)10)60-34-32-46-24-16-26-48(58)36-46/h11-30,35-36,51-52,59-60H,31-34,37-38H2,1-10H3/b12-11+,19-13+,20-14+,29-27+,30-28+,39-17+,40-18+,41-21+,42-22+. The second-order valence-electron chi connectivity index (χ2n) is 18.2. The molecule has 2 aromatic rings. The van der Waals surface area contributed by atoms with E-state index >= 15 is 0 Å². The summed E-state index contributed by atoms with van der Waals surface area (Å²) in [5.74, 6) is 0.360. The second-order valence-corrected chi connectivity index (χ2v) is 19.0. The number of Topliss-reactive ketones (excluding diaryl/α,β-unsaturated/α-hetero) is 2. The zero-order valence-corrected chi connectivity index (χ0v) is 40.2. The van der Waals surface area contributed by atoms with Crippen molar-refractivity contribution >= 4 is 34.8 Å². The van der Waals surface area contributed by atoms with E-state index in [0.29, 0.717) is 0 Å². The summed E-state index contributed by atoms with van der Waals surface area (Å²) in [6.45, 7) is 22.6. The highest BCUT2D eigenvalue weighted by Crippen LogP contribution is 2.41. The van der Waals surface area contributed by atoms with Gasteiger partial charge in [-0.2, -0.15) is 0 Å². The number of hydrogen-bond donors (Lipinski definition) is 2. The molecule has 0 saturated carbocycles. The Labute approximate surface area is 383 Å². The molecule has 6 heteroatoms. The van der Waals surface area contributed by atoms with E-state index in [2.05, 4.69) is 163 Å². The molecule has 0 aromatic heterocycles. The van der Waals surface area contributed by atoms with E-state index in [0.717, 1.165) is 105 Å². The number of halogens is 2. The first-order valence-electron chi connectivity index (χ1n) is 21.9. The van der Waals surface area contributed by atoms with E-state index in [1.54, 1.807) is 0 Å². The Kier molecular flexibility index (Phi) is 19.2. The average molecular weight is 872 g/mol. The van der Waals surface area contributed by atoms with Crippen molar-refractivity contribution < 1.29 is 9.59 Å². The van der Waals surface area contributed by atoms with Crippen LogP contribution in [0.5, 0.6) is 0 Å². The predicted molar refractivity (Wildman–Crippen MR) is 267 cm³/mol. The van der Waals surface area contributed by atoms with Gasteiger partial charge in [0.1, 0.15) is 0 Å². The lowest BCUT2D eigenvalue weighted by Crippen LogP contribution is -2.45. The van der Waals surface area contributed by atoms with Crippen LogP contribution < -0.4 is 10.6 Å². The number of carbonyl (C=O) groups excluding carboxylic acids is 2. The Balaban J connectivity index is 1.25. The van der Waals surface area contributed by atoms with E-state index in [4.69, 9.17) is 23.2 Å². The molecule has 0 saturated heterocycles. The third kappa shape index (κ3) is 15.6. The van der Waals surface area contributed by atoms with Crippen LogP contribution >= 0.6 is 23.2 Å². The molecule has 2 aliphatic rings. The third-order valence-electron chi connectivity index (χ3n) is 11.7. The zero-order chi connectivity index (χ0) is 45.5. The minimum atomic E-state index is -0.187. The highest BCUT2D eigenvalue weighted by atomic mass is 35.5. The van der Waals surface area contributed by atoms with Crippen molar-refractivity contribution in [3.8, 4) is 0 Å². The smallest absolute Gasteiger partial charge is 0.175 e. The first-order valence-corrected chi connectivity index (χ1v) is 22.7. The molecule has 62 heavy (non-hydrogen) atoms. The van der Waals surface area contributed by atoms with E-state index in [1.165, 1.54) is 0 Å². The topological polar surface area (TPSA) is 58.2 Å². The molecular formula is C56H68Cl2N2O2. The maximum absolute atomic E-state index is 13.3. The first kappa shape index (κ1) is 50.1. The van der Waals surface area contributed by atoms with Gasteiger partial charge in [-0.05, 0) is 149 Å². The molecule has 2 N–H and O–H groups in total. The van der Waals surface area contributed by atoms with Gasteiger partial charge in [0.05, 0.1) is 12.1 Å². The van der Waals surface area contributed by atoms with Gasteiger partial charge in [-0.25, -0.2) is 0 Å². The lowest BCUT2D eigenvalue weighted by Gasteiger charge is -2.37. The fraction of sp³-hybridized carbons (Fsp3) is 0.357. The molecule has 0 radical (unpaired) electrons. The largest absolute Gasteiger partial charge is 0.307 e. The maximum Gasteiger partial charge on any atom is 0.175 e. The number of nitrogens with one attached hydrogen (secondary N) is 2. The van der Waals surface area contributed by atoms with Crippen LogP contribution in [0.25, 0.3) is 0 Å². The number of hydrogen-bond acceptors (Lipinski definition) is 4. The SMILES string of the molecule is CC1=C(/C=C/C(C)=C/C=C/C(C)=C/C=C/C=C(C)/C=C/C=C(C)/C=C/C2=C(C)C(=O)C(NCCc3cccc(Cl)c3)CC2(C)C)C(C)(C)CC(NCCc2cccc(Cl)c2)C1=O. The normalized spacial score (nSPS) is 20.8. The predicted octanol–water partition coefficient (Wildman–Crippen LogP) is 13.9. The number of benzene rings is 2. The van der Waals surface area contributed by atoms with Crippen LogP contribution in [0.4, 0.5) is 0 Å². The molecule has 4 rings (SSSR count). The van der Waals surface area contributed by atoms with E-state index in [-0.39, 0.29) is 34.5 Å². The van der Waals surface area contributed by atoms with Gasteiger partial charge in [0.2, 0.25) is 0 Å². The third-order valence-corrected chi connectivity index (χ3v) is 12.2. The van der Waals surface area contributed by atoms with Crippen molar-refractivity contribution in [2.24, 2.45) is 10.8 Å². The van der Waals surface area contributed by atoms with Gasteiger partial charge in [-0.1, -0.05) is 183 Å². The zero-order valence-electron chi connectivity index (χ0n) is 38.7. The summed E-state index contributed by atoms with van der Waals surface area (Å²) >= 11 is 12.3. The van der Waals surface area contributed by atoms with Crippen LogP contribution in [-0.2, 0) is 22.4 Å². The number of rotatable bonds is 18. The molecular weight excluding hydrogens is 804 g/mol. The van der Waals surface area contributed by atoms with Gasteiger partial charge in [0.15, 0.2) is 11.6 Å². The summed E-state index contributed by atoms with van der Waals surface area (Å²) in [5.41, 5.74) is 10.5. The minimum absolute atomic E-state index is 0.128. The Morgan fingerprint density at radius 2 is 0.935 bits per heavy atom. The molecule has 0 bridgehead atoms. The number of allylic oxidation sites excluding steroid dienone is 20. The molecule has 0 fully saturated rings. The van der Waals surface area contributed by atoms with E-state index < -0.39 is 0 Å². The monoisotopic (exact) mass is 870 g/mol. The van der Waals surface area contributed by atoms with Crippen molar-refractivity contribution in [1.82, 2.24) is 10.6 Å². The molecule has 0 heterocycles. The van der Waals surface area contributed by atoms with E-state index in [1.807, 2.05) is 50.2 Å². The summed E-state index contributed by atoms with van der Waals surface area (Å²) in [5, 5.41) is 8.48. The highest BCUT2D eigenvalue weighted by Gasteiger charge is 2.38. The Morgan fingerprint density at radius 1 is 0.581 bits per heavy atom. The molecule has 2 atom stereocenters. The van der Waals surface area contributed by atoms with E-state index in [9.17, 15) is 9.59 Å². The maximum atomic E-state index is 13.3. The van der Waals surface area contributed by atoms with Gasteiger partial charge < -0.3 is 10.6 Å². The Hall–Kier alpha value is -4.58. The van der Waals surface area contributed by atoms with Crippen molar-refractivity contribution in [3.05, 3.63) is 199 Å². The molecule has 0 aliphatic heterocycles. The second kappa shape index (κ2) is 23.7. The fourth-order valence-corrected chi connectivity index (χ4v) is 8.62. The Bertz CT molecular complexity index is 2120. The summed E-state index contributed by atoms with van der Waals surface area (Å²) in [4.78, 5) is 26.7. The van der Waals surface area contributed by atoms with Gasteiger partial charge in [0.25, 0.3) is 0 Å². The first-order chi connectivity index (χ1) is 29.4. The van der Waals surface area contributed by atoms with Crippen molar-refractivity contribution in [3.63, 3.8) is 0 Å². The average Bonchev–Trinajstić information content (AvgIpc) is 3.20. The van der Waals surface area contributed by atoms with Gasteiger partial charge in [0, 0.05) is 10.0 Å². The van der Waals surface area contributed by atoms with Gasteiger partial charge in [-0.3, -0.25) is 9.59 Å². The molecule has 328 valence electrons. The minimum Gasteiger partial charge on any atom is -0.307 e. The lowest BCUT2D eigenvalue weighted by molar-refractivity contribution is -0.119. The fourth-order valence-electron chi connectivity index (χ4n) is 8.20. The highest BCUT2D eigenvalue weighted by molar-refractivity contribution is 6.30. The summed E-state index contributed by atoms with van der Waals surface area (Å²) in [6.07, 6.45) is 32.4.